The van der Waals surface area contributed by atoms with E-state index in [1.54, 1.807) is 6.07 Å². The fraction of sp³-hybridized carbons (Fsp3) is 0.632. The maximum Gasteiger partial charge on any atom is 0.252 e. The minimum atomic E-state index is 0.0802. The number of nitrogens with one attached hydrogen (secondary N) is 2. The third-order valence-electron chi connectivity index (χ3n) is 6.37. The number of piperidine rings is 1. The fourth-order valence-corrected chi connectivity index (χ4v) is 5.10. The van der Waals surface area contributed by atoms with Crippen molar-refractivity contribution in [1.29, 1.82) is 0 Å². The number of anilines is 1. The molecule has 25 heavy (non-hydrogen) atoms. The van der Waals surface area contributed by atoms with Crippen LogP contribution in [0.3, 0.4) is 0 Å². The van der Waals surface area contributed by atoms with E-state index in [1.807, 2.05) is 16.8 Å². The van der Waals surface area contributed by atoms with Crippen LogP contribution in [0, 0.1) is 11.8 Å². The van der Waals surface area contributed by atoms with Gasteiger partial charge in [0, 0.05) is 29.7 Å². The molecule has 2 aliphatic carbocycles. The lowest BCUT2D eigenvalue weighted by Crippen LogP contribution is -2.35. The van der Waals surface area contributed by atoms with Gasteiger partial charge in [-0.2, -0.15) is 4.98 Å². The van der Waals surface area contributed by atoms with Gasteiger partial charge < -0.3 is 10.6 Å². The Kier molecular flexibility index (Phi) is 3.73. The van der Waals surface area contributed by atoms with E-state index < -0.39 is 0 Å². The number of pyridine rings is 1. The molecule has 3 heterocycles. The summed E-state index contributed by atoms with van der Waals surface area (Å²) >= 11 is 0. The summed E-state index contributed by atoms with van der Waals surface area (Å²) in [6.45, 7) is 2.06. The van der Waals surface area contributed by atoms with Crippen molar-refractivity contribution in [2.75, 3.05) is 18.4 Å². The zero-order valence-electron chi connectivity index (χ0n) is 14.4. The van der Waals surface area contributed by atoms with Crippen LogP contribution in [0.15, 0.2) is 23.1 Å². The number of hydrogen-bond acceptors (Lipinski definition) is 5. The Morgan fingerprint density at radius 2 is 2.00 bits per heavy atom. The highest BCUT2D eigenvalue weighted by Crippen LogP contribution is 2.50. The van der Waals surface area contributed by atoms with Gasteiger partial charge in [0.1, 0.15) is 5.65 Å². The van der Waals surface area contributed by atoms with Crippen molar-refractivity contribution in [3.05, 3.63) is 28.7 Å². The Labute approximate surface area is 147 Å². The normalized spacial score (nSPS) is 29.4. The molecule has 3 unspecified atom stereocenters. The molecule has 3 aliphatic rings. The molecular weight excluding hydrogens is 314 g/mol. The van der Waals surface area contributed by atoms with Crippen molar-refractivity contribution in [1.82, 2.24) is 19.9 Å². The summed E-state index contributed by atoms with van der Waals surface area (Å²) in [4.78, 5) is 21.9. The van der Waals surface area contributed by atoms with Crippen LogP contribution in [0.5, 0.6) is 0 Å². The number of rotatable bonds is 3. The predicted octanol–water partition coefficient (Wildman–Crippen LogP) is 2.32. The first kappa shape index (κ1) is 15.3. The van der Waals surface area contributed by atoms with Gasteiger partial charge in [-0.1, -0.05) is 6.42 Å². The van der Waals surface area contributed by atoms with Crippen molar-refractivity contribution < 1.29 is 0 Å². The molecule has 2 aromatic heterocycles. The van der Waals surface area contributed by atoms with Gasteiger partial charge in [0.15, 0.2) is 0 Å². The van der Waals surface area contributed by atoms with E-state index in [1.165, 1.54) is 19.3 Å². The Morgan fingerprint density at radius 3 is 2.76 bits per heavy atom. The molecule has 3 fully saturated rings. The van der Waals surface area contributed by atoms with Gasteiger partial charge in [-0.15, -0.1) is 0 Å². The van der Waals surface area contributed by atoms with Gasteiger partial charge in [-0.05, 0) is 63.1 Å². The molecule has 0 aromatic carbocycles. The van der Waals surface area contributed by atoms with Gasteiger partial charge in [0.05, 0.1) is 0 Å². The van der Waals surface area contributed by atoms with Gasteiger partial charge in [0.25, 0.3) is 5.56 Å². The minimum Gasteiger partial charge on any atom is -0.351 e. The van der Waals surface area contributed by atoms with Crippen LogP contribution in [0.1, 0.15) is 44.6 Å². The first-order chi connectivity index (χ1) is 12.3. The SMILES string of the molecule is O=c1ccc2cnc(NC3CCNCC3)nc2n1C1CC2CCC1C2. The van der Waals surface area contributed by atoms with Crippen molar-refractivity contribution in [3.8, 4) is 0 Å². The number of fused-ring (bicyclic) bond motifs is 3. The highest BCUT2D eigenvalue weighted by molar-refractivity contribution is 5.75. The minimum absolute atomic E-state index is 0.0802. The predicted molar refractivity (Wildman–Crippen MR) is 97.8 cm³/mol. The van der Waals surface area contributed by atoms with E-state index in [9.17, 15) is 4.79 Å². The molecule has 6 nitrogen and oxygen atoms in total. The van der Waals surface area contributed by atoms with E-state index in [0.717, 1.165) is 49.3 Å². The second-order valence-corrected chi connectivity index (χ2v) is 7.92. The number of hydrogen-bond donors (Lipinski definition) is 2. The summed E-state index contributed by atoms with van der Waals surface area (Å²) in [6, 6.07) is 4.26. The van der Waals surface area contributed by atoms with Gasteiger partial charge in [-0.3, -0.25) is 9.36 Å². The van der Waals surface area contributed by atoms with E-state index >= 15 is 0 Å². The van der Waals surface area contributed by atoms with E-state index in [-0.39, 0.29) is 5.56 Å². The number of nitrogens with zero attached hydrogens (tertiary/aromatic N) is 3. The van der Waals surface area contributed by atoms with Crippen LogP contribution in [-0.2, 0) is 0 Å². The maximum atomic E-state index is 12.7. The smallest absolute Gasteiger partial charge is 0.252 e. The summed E-state index contributed by atoms with van der Waals surface area (Å²) in [7, 11) is 0. The molecule has 0 spiro atoms. The second-order valence-electron chi connectivity index (χ2n) is 7.92. The third kappa shape index (κ3) is 2.72. The van der Waals surface area contributed by atoms with Crippen LogP contribution in [0.2, 0.25) is 0 Å². The number of aromatic nitrogens is 3. The molecule has 0 radical (unpaired) electrons. The fourth-order valence-electron chi connectivity index (χ4n) is 5.10. The molecule has 2 bridgehead atoms. The van der Waals surface area contributed by atoms with E-state index in [0.29, 0.717) is 23.9 Å². The quantitative estimate of drug-likeness (QED) is 0.898. The Morgan fingerprint density at radius 1 is 1.12 bits per heavy atom. The van der Waals surface area contributed by atoms with Crippen LogP contribution in [-0.4, -0.2) is 33.7 Å². The zero-order valence-corrected chi connectivity index (χ0v) is 14.4. The lowest BCUT2D eigenvalue weighted by atomic mass is 9.95. The molecule has 1 aliphatic heterocycles. The molecule has 6 heteroatoms. The van der Waals surface area contributed by atoms with Crippen molar-refractivity contribution >= 4 is 17.0 Å². The lowest BCUT2D eigenvalue weighted by molar-refractivity contribution is 0.329. The van der Waals surface area contributed by atoms with Crippen molar-refractivity contribution in [2.24, 2.45) is 11.8 Å². The monoisotopic (exact) mass is 339 g/mol. The van der Waals surface area contributed by atoms with Gasteiger partial charge >= 0.3 is 0 Å². The Balaban J connectivity index is 1.53. The molecular formula is C19H25N5O. The van der Waals surface area contributed by atoms with Crippen molar-refractivity contribution in [3.63, 3.8) is 0 Å². The van der Waals surface area contributed by atoms with Gasteiger partial charge in [-0.25, -0.2) is 4.98 Å². The molecule has 2 saturated carbocycles. The standard InChI is InChI=1S/C19H25N5O/c25-17-4-3-14-11-21-19(22-15-5-7-20-8-6-15)23-18(14)24(17)16-10-12-1-2-13(16)9-12/h3-4,11-13,15-16,20H,1-2,5-10H2,(H,21,22,23). The average Bonchev–Trinajstić information content (AvgIpc) is 3.26. The van der Waals surface area contributed by atoms with Crippen LogP contribution in [0.4, 0.5) is 5.95 Å². The summed E-state index contributed by atoms with van der Waals surface area (Å²) in [5.41, 5.74) is 0.882. The summed E-state index contributed by atoms with van der Waals surface area (Å²) in [6.07, 6.45) is 9.00. The van der Waals surface area contributed by atoms with Crippen LogP contribution in [0.25, 0.3) is 11.0 Å². The molecule has 2 aromatic rings. The molecule has 5 rings (SSSR count). The molecule has 132 valence electrons. The van der Waals surface area contributed by atoms with E-state index in [2.05, 4.69) is 15.6 Å². The van der Waals surface area contributed by atoms with Crippen molar-refractivity contribution in [2.45, 2.75) is 50.6 Å². The topological polar surface area (TPSA) is 71.8 Å². The largest absolute Gasteiger partial charge is 0.351 e. The first-order valence-electron chi connectivity index (χ1n) is 9.63. The summed E-state index contributed by atoms with van der Waals surface area (Å²) < 4.78 is 1.97. The summed E-state index contributed by atoms with van der Waals surface area (Å²) in [5, 5.41) is 7.80. The molecule has 2 N–H and O–H groups in total. The van der Waals surface area contributed by atoms with Gasteiger partial charge in [0.2, 0.25) is 5.95 Å². The highest BCUT2D eigenvalue weighted by atomic mass is 16.1. The second kappa shape index (κ2) is 6.09. The van der Waals surface area contributed by atoms with Crippen LogP contribution >= 0.6 is 0 Å². The van der Waals surface area contributed by atoms with Crippen LogP contribution < -0.4 is 16.2 Å². The average molecular weight is 339 g/mol. The zero-order chi connectivity index (χ0) is 16.8. The first-order valence-corrected chi connectivity index (χ1v) is 9.63. The highest BCUT2D eigenvalue weighted by Gasteiger charge is 2.41. The lowest BCUT2D eigenvalue weighted by Gasteiger charge is -2.26. The Hall–Kier alpha value is -1.95. The van der Waals surface area contributed by atoms with E-state index in [4.69, 9.17) is 4.98 Å². The third-order valence-corrected chi connectivity index (χ3v) is 6.37. The molecule has 3 atom stereocenters. The molecule has 0 amide bonds. The summed E-state index contributed by atoms with van der Waals surface area (Å²) in [5.74, 6) is 2.09. The maximum absolute atomic E-state index is 12.7. The molecule has 1 saturated heterocycles. The Bertz CT molecular complexity index is 841.